The number of unbranched alkanes of at least 4 members (excludes halogenated alkanes) is 12. The smallest absolute Gasteiger partial charge is 0.462 e. The molecule has 6 atom stereocenters. The number of phosphoric ester groups is 1. The summed E-state index contributed by atoms with van der Waals surface area (Å²) in [4.78, 5) is 33.6. The first-order valence-corrected chi connectivity index (χ1v) is 17.4. The summed E-state index contributed by atoms with van der Waals surface area (Å²) in [5.74, 6) is -1.30. The summed E-state index contributed by atoms with van der Waals surface area (Å²) in [6.45, 7) is 2.15. The molecular formula is C30H55O13P. The van der Waals surface area contributed by atoms with Crippen LogP contribution in [0.3, 0.4) is 0 Å². The van der Waals surface area contributed by atoms with E-state index in [0.29, 0.717) is 6.42 Å². The lowest BCUT2D eigenvalue weighted by atomic mass is 9.85. The maximum Gasteiger partial charge on any atom is 0.472 e. The van der Waals surface area contributed by atoms with Gasteiger partial charge in [0.2, 0.25) is 0 Å². The Morgan fingerprint density at radius 3 is 1.73 bits per heavy atom. The van der Waals surface area contributed by atoms with Crippen molar-refractivity contribution in [3.8, 4) is 0 Å². The molecule has 0 bridgehead atoms. The lowest BCUT2D eigenvalue weighted by molar-refractivity contribution is -0.220. The molecule has 1 aliphatic rings. The van der Waals surface area contributed by atoms with Gasteiger partial charge in [0, 0.05) is 13.3 Å². The van der Waals surface area contributed by atoms with Gasteiger partial charge in [-0.05, 0) is 32.1 Å². The molecule has 14 heteroatoms. The molecule has 1 fully saturated rings. The molecule has 0 spiro atoms. The molecule has 0 aromatic heterocycles. The number of allylic oxidation sites excluding steroid dienone is 2. The van der Waals surface area contributed by atoms with Crippen LogP contribution in [0.1, 0.15) is 110 Å². The summed E-state index contributed by atoms with van der Waals surface area (Å²) >= 11 is 0. The van der Waals surface area contributed by atoms with E-state index in [1.807, 2.05) is 0 Å². The van der Waals surface area contributed by atoms with E-state index < -0.39 is 75.7 Å². The lowest BCUT2D eigenvalue weighted by Gasteiger charge is -2.41. The Morgan fingerprint density at radius 1 is 0.727 bits per heavy atom. The van der Waals surface area contributed by atoms with Gasteiger partial charge in [0.15, 0.2) is 6.10 Å². The SMILES string of the molecule is CCCCCCCCC/C=C\CCCCCCCC(=O)OC(COC(C)=O)COP(=O)(O)OC1C(O)C(O)C(O)C(O)C1O. The number of hydrogen-bond donors (Lipinski definition) is 6. The fraction of sp³-hybridized carbons (Fsp3) is 0.867. The van der Waals surface area contributed by atoms with Crippen molar-refractivity contribution in [2.75, 3.05) is 13.2 Å². The molecular weight excluding hydrogens is 599 g/mol. The minimum Gasteiger partial charge on any atom is -0.462 e. The molecule has 6 unspecified atom stereocenters. The van der Waals surface area contributed by atoms with Gasteiger partial charge in [0.1, 0.15) is 43.2 Å². The largest absolute Gasteiger partial charge is 0.472 e. The predicted octanol–water partition coefficient (Wildman–Crippen LogP) is 3.21. The number of carbonyl (C=O) groups is 2. The highest BCUT2D eigenvalue weighted by molar-refractivity contribution is 7.47. The van der Waals surface area contributed by atoms with E-state index in [1.54, 1.807) is 0 Å². The highest BCUT2D eigenvalue weighted by atomic mass is 31.2. The average Bonchev–Trinajstić information content (AvgIpc) is 2.98. The van der Waals surface area contributed by atoms with E-state index in [9.17, 15) is 44.6 Å². The van der Waals surface area contributed by atoms with Gasteiger partial charge in [-0.3, -0.25) is 18.6 Å². The van der Waals surface area contributed by atoms with Crippen molar-refractivity contribution in [3.63, 3.8) is 0 Å². The molecule has 6 N–H and O–H groups in total. The van der Waals surface area contributed by atoms with Gasteiger partial charge in [-0.15, -0.1) is 0 Å². The van der Waals surface area contributed by atoms with Gasteiger partial charge in [-0.2, -0.15) is 0 Å². The second-order valence-corrected chi connectivity index (χ2v) is 12.8. The van der Waals surface area contributed by atoms with Crippen LogP contribution in [0.2, 0.25) is 0 Å². The summed E-state index contributed by atoms with van der Waals surface area (Å²) in [6, 6.07) is 0. The van der Waals surface area contributed by atoms with Crippen molar-refractivity contribution in [2.24, 2.45) is 0 Å². The molecule has 1 rings (SSSR count). The van der Waals surface area contributed by atoms with E-state index >= 15 is 0 Å². The highest BCUT2D eigenvalue weighted by Gasteiger charge is 2.51. The second kappa shape index (κ2) is 23.0. The minimum absolute atomic E-state index is 0.0841. The summed E-state index contributed by atoms with van der Waals surface area (Å²) in [5, 5.41) is 49.2. The van der Waals surface area contributed by atoms with Crippen LogP contribution >= 0.6 is 7.82 Å². The number of aliphatic hydroxyl groups excluding tert-OH is 5. The van der Waals surface area contributed by atoms with Crippen molar-refractivity contribution in [1.29, 1.82) is 0 Å². The van der Waals surface area contributed by atoms with Gasteiger partial charge >= 0.3 is 19.8 Å². The third-order valence-electron chi connectivity index (χ3n) is 7.41. The van der Waals surface area contributed by atoms with Crippen molar-refractivity contribution >= 4 is 19.8 Å². The molecule has 0 heterocycles. The zero-order valence-corrected chi connectivity index (χ0v) is 27.1. The Kier molecular flexibility index (Phi) is 21.2. The fourth-order valence-corrected chi connectivity index (χ4v) is 5.74. The third kappa shape index (κ3) is 17.3. The zero-order valence-electron chi connectivity index (χ0n) is 26.2. The molecule has 44 heavy (non-hydrogen) atoms. The molecule has 0 aromatic carbocycles. The first-order chi connectivity index (χ1) is 20.9. The Hall–Kier alpha value is -1.41. The number of aliphatic hydroxyl groups is 5. The maximum atomic E-state index is 12.4. The van der Waals surface area contributed by atoms with Crippen LogP contribution in [0.15, 0.2) is 12.2 Å². The number of esters is 2. The third-order valence-corrected chi connectivity index (χ3v) is 8.40. The minimum atomic E-state index is -5.07. The van der Waals surface area contributed by atoms with E-state index in [0.717, 1.165) is 45.4 Å². The van der Waals surface area contributed by atoms with Crippen LogP contribution in [0, 0.1) is 0 Å². The van der Waals surface area contributed by atoms with Gasteiger partial charge in [-0.25, -0.2) is 4.57 Å². The van der Waals surface area contributed by atoms with Crippen LogP contribution in [0.5, 0.6) is 0 Å². The molecule has 0 radical (unpaired) electrons. The number of carbonyl (C=O) groups excluding carboxylic acids is 2. The van der Waals surface area contributed by atoms with Gasteiger partial charge in [0.05, 0.1) is 6.61 Å². The Labute approximate surface area is 261 Å². The molecule has 0 saturated heterocycles. The molecule has 0 amide bonds. The summed E-state index contributed by atoms with van der Waals surface area (Å²) in [6.07, 6.45) is 7.24. The normalized spacial score (nSPS) is 25.9. The van der Waals surface area contributed by atoms with E-state index in [4.69, 9.17) is 18.5 Å². The molecule has 0 aromatic rings. The van der Waals surface area contributed by atoms with E-state index in [2.05, 4.69) is 19.1 Å². The zero-order chi connectivity index (χ0) is 33.0. The summed E-state index contributed by atoms with van der Waals surface area (Å²) in [7, 11) is -5.07. The maximum absolute atomic E-state index is 12.4. The predicted molar refractivity (Wildman–Crippen MR) is 161 cm³/mol. The monoisotopic (exact) mass is 654 g/mol. The van der Waals surface area contributed by atoms with Crippen molar-refractivity contribution in [1.82, 2.24) is 0 Å². The van der Waals surface area contributed by atoms with Crippen LogP contribution < -0.4 is 0 Å². The van der Waals surface area contributed by atoms with Gasteiger partial charge in [-0.1, -0.05) is 76.9 Å². The second-order valence-electron chi connectivity index (χ2n) is 11.4. The molecule has 258 valence electrons. The Bertz CT molecular complexity index is 854. The van der Waals surface area contributed by atoms with Gasteiger partial charge < -0.3 is 39.9 Å². The highest BCUT2D eigenvalue weighted by Crippen LogP contribution is 2.47. The van der Waals surface area contributed by atoms with E-state index in [1.165, 1.54) is 44.9 Å². The van der Waals surface area contributed by atoms with Gasteiger partial charge in [0.25, 0.3) is 0 Å². The van der Waals surface area contributed by atoms with Crippen molar-refractivity contribution < 1.29 is 63.1 Å². The molecule has 1 saturated carbocycles. The van der Waals surface area contributed by atoms with Crippen LogP contribution in [-0.4, -0.2) is 98.3 Å². The molecule has 1 aliphatic carbocycles. The van der Waals surface area contributed by atoms with Crippen LogP contribution in [0.4, 0.5) is 0 Å². The van der Waals surface area contributed by atoms with Crippen molar-refractivity contribution in [3.05, 3.63) is 12.2 Å². The average molecular weight is 655 g/mol. The number of rotatable bonds is 24. The van der Waals surface area contributed by atoms with Crippen LogP contribution in [-0.2, 0) is 32.7 Å². The Balaban J connectivity index is 2.32. The lowest BCUT2D eigenvalue weighted by Crippen LogP contribution is -2.64. The van der Waals surface area contributed by atoms with E-state index in [-0.39, 0.29) is 6.42 Å². The first-order valence-electron chi connectivity index (χ1n) is 15.9. The quantitative estimate of drug-likeness (QED) is 0.0383. The molecule has 13 nitrogen and oxygen atoms in total. The summed E-state index contributed by atoms with van der Waals surface area (Å²) < 4.78 is 32.1. The first kappa shape index (κ1) is 40.6. The van der Waals surface area contributed by atoms with Crippen LogP contribution in [0.25, 0.3) is 0 Å². The van der Waals surface area contributed by atoms with Crippen molar-refractivity contribution in [2.45, 2.75) is 153 Å². The Morgan fingerprint density at radius 2 is 1.20 bits per heavy atom. The number of phosphoric acid groups is 1. The molecule has 0 aliphatic heterocycles. The number of ether oxygens (including phenoxy) is 2. The number of hydrogen-bond acceptors (Lipinski definition) is 12. The fourth-order valence-electron chi connectivity index (χ4n) is 4.77. The standard InChI is InChI=1S/C30H55O13P/c1-3-4-5-6-7-8-9-10-11-12-13-14-15-16-17-18-19-24(32)42-23(20-40-22(2)31)21-41-44(38,39)43-30-28(36)26(34)25(33)27(35)29(30)37/h11-12,23,25-30,33-37H,3-10,13-21H2,1-2H3,(H,38,39)/b12-11-. The summed E-state index contributed by atoms with van der Waals surface area (Å²) in [5.41, 5.74) is 0. The topological polar surface area (TPSA) is 210 Å².